The molecular formula is C13H15FN6O. The minimum Gasteiger partial charge on any atom is -0.421 e. The lowest BCUT2D eigenvalue weighted by Crippen LogP contribution is -2.22. The third kappa shape index (κ3) is 3.00. The summed E-state index contributed by atoms with van der Waals surface area (Å²) in [6.07, 6.45) is 2.17. The molecule has 1 aliphatic heterocycles. The van der Waals surface area contributed by atoms with Gasteiger partial charge in [-0.15, -0.1) is 0 Å². The fourth-order valence-electron chi connectivity index (χ4n) is 2.14. The van der Waals surface area contributed by atoms with Gasteiger partial charge in [-0.25, -0.2) is 10.2 Å². The van der Waals surface area contributed by atoms with Gasteiger partial charge in [0.25, 0.3) is 0 Å². The van der Waals surface area contributed by atoms with Crippen molar-refractivity contribution < 1.29 is 9.13 Å². The van der Waals surface area contributed by atoms with E-state index in [0.717, 1.165) is 25.9 Å². The van der Waals surface area contributed by atoms with Gasteiger partial charge in [0.15, 0.2) is 11.6 Å². The van der Waals surface area contributed by atoms with E-state index in [-0.39, 0.29) is 17.7 Å². The van der Waals surface area contributed by atoms with Crippen molar-refractivity contribution in [2.75, 3.05) is 23.4 Å². The molecule has 0 atom stereocenters. The number of nitrogen functional groups attached to an aromatic ring is 1. The average molecular weight is 290 g/mol. The number of nitrogens with one attached hydrogen (secondary N) is 1. The van der Waals surface area contributed by atoms with Gasteiger partial charge in [-0.1, -0.05) is 12.1 Å². The van der Waals surface area contributed by atoms with Crippen LogP contribution in [-0.2, 0) is 0 Å². The summed E-state index contributed by atoms with van der Waals surface area (Å²) < 4.78 is 19.0. The van der Waals surface area contributed by atoms with E-state index in [1.807, 2.05) is 4.90 Å². The van der Waals surface area contributed by atoms with Crippen molar-refractivity contribution in [1.82, 2.24) is 15.0 Å². The van der Waals surface area contributed by atoms with Crippen molar-refractivity contribution in [1.29, 1.82) is 0 Å². The van der Waals surface area contributed by atoms with Crippen LogP contribution < -0.4 is 20.9 Å². The lowest BCUT2D eigenvalue weighted by atomic mass is 10.3. The van der Waals surface area contributed by atoms with Gasteiger partial charge in [0.05, 0.1) is 0 Å². The maximum atomic E-state index is 13.6. The van der Waals surface area contributed by atoms with E-state index in [1.54, 1.807) is 12.1 Å². The molecule has 0 aliphatic carbocycles. The molecule has 3 N–H and O–H groups in total. The van der Waals surface area contributed by atoms with Crippen molar-refractivity contribution in [2.45, 2.75) is 12.8 Å². The third-order valence-electron chi connectivity index (χ3n) is 3.16. The Morgan fingerprint density at radius 3 is 2.62 bits per heavy atom. The first-order valence-electron chi connectivity index (χ1n) is 6.66. The predicted octanol–water partition coefficient (Wildman–Crippen LogP) is 1.69. The molecule has 1 aromatic carbocycles. The van der Waals surface area contributed by atoms with Crippen molar-refractivity contribution >= 4 is 11.9 Å². The average Bonchev–Trinajstić information content (AvgIpc) is 3.04. The Bertz CT molecular complexity index is 632. The minimum atomic E-state index is -0.483. The van der Waals surface area contributed by atoms with Gasteiger partial charge < -0.3 is 9.64 Å². The van der Waals surface area contributed by atoms with Gasteiger partial charge in [-0.05, 0) is 25.0 Å². The minimum absolute atomic E-state index is 0.00458. The van der Waals surface area contributed by atoms with Gasteiger partial charge >= 0.3 is 6.01 Å². The zero-order chi connectivity index (χ0) is 14.7. The highest BCUT2D eigenvalue weighted by Crippen LogP contribution is 2.24. The number of benzene rings is 1. The molecule has 2 heterocycles. The molecule has 1 fully saturated rings. The first-order valence-corrected chi connectivity index (χ1v) is 6.66. The quantitative estimate of drug-likeness (QED) is 0.654. The molecule has 1 aliphatic rings. The normalized spacial score (nSPS) is 14.3. The summed E-state index contributed by atoms with van der Waals surface area (Å²) in [5, 5.41) is 0. The van der Waals surface area contributed by atoms with Crippen LogP contribution in [0.2, 0.25) is 0 Å². The summed E-state index contributed by atoms with van der Waals surface area (Å²) in [6.45, 7) is 1.74. The molecule has 1 saturated heterocycles. The highest BCUT2D eigenvalue weighted by molar-refractivity contribution is 5.39. The number of halogens is 1. The van der Waals surface area contributed by atoms with E-state index in [4.69, 9.17) is 10.6 Å². The third-order valence-corrected chi connectivity index (χ3v) is 3.16. The highest BCUT2D eigenvalue weighted by atomic mass is 19.1. The number of nitrogens with two attached hydrogens (primary N) is 1. The second-order valence-corrected chi connectivity index (χ2v) is 4.61. The van der Waals surface area contributed by atoms with E-state index in [1.165, 1.54) is 12.1 Å². The van der Waals surface area contributed by atoms with Crippen LogP contribution in [0.3, 0.4) is 0 Å². The Hall–Kier alpha value is -2.48. The Labute approximate surface area is 121 Å². The number of nitrogens with zero attached hydrogens (tertiary/aromatic N) is 4. The largest absolute Gasteiger partial charge is 0.421 e. The lowest BCUT2D eigenvalue weighted by Gasteiger charge is -2.16. The molecule has 0 unspecified atom stereocenters. The smallest absolute Gasteiger partial charge is 0.328 e. The van der Waals surface area contributed by atoms with Crippen LogP contribution in [-0.4, -0.2) is 28.0 Å². The molecule has 21 heavy (non-hydrogen) atoms. The molecule has 0 saturated carbocycles. The standard InChI is InChI=1S/C13H15FN6O/c14-9-5-1-2-6-10(9)21-13-17-11(19-15)16-12(18-13)20-7-3-4-8-20/h1-2,5-6H,3-4,7-8,15H2,(H,16,17,18,19). The molecule has 0 amide bonds. The molecule has 0 spiro atoms. The van der Waals surface area contributed by atoms with Crippen LogP contribution in [0.4, 0.5) is 16.3 Å². The van der Waals surface area contributed by atoms with E-state index in [0.29, 0.717) is 5.95 Å². The van der Waals surface area contributed by atoms with E-state index >= 15 is 0 Å². The summed E-state index contributed by atoms with van der Waals surface area (Å²) in [5.41, 5.74) is 2.37. The first kappa shape index (κ1) is 13.5. The monoisotopic (exact) mass is 290 g/mol. The van der Waals surface area contributed by atoms with Crippen LogP contribution in [0.5, 0.6) is 11.8 Å². The number of hydrazine groups is 1. The van der Waals surface area contributed by atoms with Crippen LogP contribution in [0.25, 0.3) is 0 Å². The maximum absolute atomic E-state index is 13.6. The van der Waals surface area contributed by atoms with Crippen molar-refractivity contribution in [3.63, 3.8) is 0 Å². The molecule has 3 rings (SSSR count). The van der Waals surface area contributed by atoms with Crippen molar-refractivity contribution in [3.8, 4) is 11.8 Å². The van der Waals surface area contributed by atoms with Gasteiger partial charge in [-0.3, -0.25) is 5.43 Å². The SMILES string of the molecule is NNc1nc(Oc2ccccc2F)nc(N2CCCC2)n1. The number of ether oxygens (including phenoxy) is 1. The first-order chi connectivity index (χ1) is 10.3. The van der Waals surface area contributed by atoms with Crippen molar-refractivity contribution in [3.05, 3.63) is 30.1 Å². The van der Waals surface area contributed by atoms with Gasteiger partial charge in [0.1, 0.15) is 0 Å². The van der Waals surface area contributed by atoms with Crippen LogP contribution in [0.15, 0.2) is 24.3 Å². The van der Waals surface area contributed by atoms with Gasteiger partial charge in [0, 0.05) is 13.1 Å². The molecule has 2 aromatic rings. The molecular weight excluding hydrogens is 275 g/mol. The lowest BCUT2D eigenvalue weighted by molar-refractivity contribution is 0.410. The Balaban J connectivity index is 1.90. The second-order valence-electron chi connectivity index (χ2n) is 4.61. The van der Waals surface area contributed by atoms with E-state index in [2.05, 4.69) is 20.4 Å². The zero-order valence-corrected chi connectivity index (χ0v) is 11.3. The number of anilines is 2. The molecule has 110 valence electrons. The Morgan fingerprint density at radius 1 is 1.14 bits per heavy atom. The highest BCUT2D eigenvalue weighted by Gasteiger charge is 2.18. The summed E-state index contributed by atoms with van der Waals surface area (Å²) in [5.74, 6) is 5.58. The van der Waals surface area contributed by atoms with Gasteiger partial charge in [-0.2, -0.15) is 15.0 Å². The summed E-state index contributed by atoms with van der Waals surface area (Å²) in [6, 6.07) is 6.07. The fourth-order valence-corrected chi connectivity index (χ4v) is 2.14. The van der Waals surface area contributed by atoms with Crippen molar-refractivity contribution in [2.24, 2.45) is 5.84 Å². The molecule has 0 bridgehead atoms. The van der Waals surface area contributed by atoms with Crippen LogP contribution >= 0.6 is 0 Å². The van der Waals surface area contributed by atoms with E-state index < -0.39 is 5.82 Å². The molecule has 7 nitrogen and oxygen atoms in total. The number of para-hydroxylation sites is 1. The fraction of sp³-hybridized carbons (Fsp3) is 0.308. The zero-order valence-electron chi connectivity index (χ0n) is 11.3. The summed E-state index contributed by atoms with van der Waals surface area (Å²) in [4.78, 5) is 14.4. The second kappa shape index (κ2) is 5.88. The Kier molecular flexibility index (Phi) is 3.78. The predicted molar refractivity (Wildman–Crippen MR) is 75.6 cm³/mol. The number of hydrogen-bond acceptors (Lipinski definition) is 7. The van der Waals surface area contributed by atoms with Crippen LogP contribution in [0.1, 0.15) is 12.8 Å². The summed E-state index contributed by atoms with van der Waals surface area (Å²) >= 11 is 0. The number of rotatable bonds is 4. The molecule has 8 heteroatoms. The van der Waals surface area contributed by atoms with Crippen LogP contribution in [0, 0.1) is 5.82 Å². The topological polar surface area (TPSA) is 89.2 Å². The number of aromatic nitrogens is 3. The molecule has 1 aromatic heterocycles. The summed E-state index contributed by atoms with van der Waals surface area (Å²) in [7, 11) is 0. The maximum Gasteiger partial charge on any atom is 0.328 e. The number of hydrogen-bond donors (Lipinski definition) is 2. The van der Waals surface area contributed by atoms with E-state index in [9.17, 15) is 4.39 Å². The molecule has 0 radical (unpaired) electrons. The van der Waals surface area contributed by atoms with Gasteiger partial charge in [0.2, 0.25) is 11.9 Å². The Morgan fingerprint density at radius 2 is 1.90 bits per heavy atom.